The van der Waals surface area contributed by atoms with E-state index < -0.39 is 18.1 Å². The van der Waals surface area contributed by atoms with E-state index in [0.717, 1.165) is 5.01 Å². The molecule has 2 atom stereocenters. The summed E-state index contributed by atoms with van der Waals surface area (Å²) in [5.41, 5.74) is 5.39. The lowest BCUT2D eigenvalue weighted by atomic mass is 10.0. The van der Waals surface area contributed by atoms with Gasteiger partial charge < -0.3 is 5.73 Å². The second-order valence-corrected chi connectivity index (χ2v) is 2.57. The lowest BCUT2D eigenvalue weighted by Gasteiger charge is -2.13. The van der Waals surface area contributed by atoms with Crippen LogP contribution >= 0.6 is 0 Å². The van der Waals surface area contributed by atoms with Crippen molar-refractivity contribution in [2.75, 3.05) is 7.05 Å². The largest absolute Gasteiger partial charge is 0.369 e. The molecule has 11 heavy (non-hydrogen) atoms. The zero-order valence-corrected chi connectivity index (χ0v) is 6.41. The van der Waals surface area contributed by atoms with Crippen LogP contribution in [0.3, 0.4) is 0 Å². The van der Waals surface area contributed by atoms with Crippen LogP contribution in [0.5, 0.6) is 0 Å². The molecule has 0 aromatic carbocycles. The van der Waals surface area contributed by atoms with Crippen molar-refractivity contribution < 1.29 is 9.18 Å². The van der Waals surface area contributed by atoms with Gasteiger partial charge in [0.05, 0.1) is 5.71 Å². The third kappa shape index (κ3) is 1.18. The van der Waals surface area contributed by atoms with Crippen molar-refractivity contribution in [3.8, 4) is 0 Å². The van der Waals surface area contributed by atoms with Gasteiger partial charge in [0.1, 0.15) is 5.92 Å². The fourth-order valence-corrected chi connectivity index (χ4v) is 1.12. The maximum absolute atomic E-state index is 13.0. The van der Waals surface area contributed by atoms with E-state index in [1.165, 1.54) is 7.05 Å². The standard InChI is InChI=1S/C6H10FN3O/c1-3-4(6(8)11)5(7)10(2)9-3/h4-5H,1-2H3,(H2,8,11). The molecule has 1 aliphatic rings. The number of halogens is 1. The molecule has 0 spiro atoms. The predicted octanol–water partition coefficient (Wildman–Crippen LogP) is -0.295. The van der Waals surface area contributed by atoms with Crippen LogP contribution < -0.4 is 5.73 Å². The summed E-state index contributed by atoms with van der Waals surface area (Å²) in [5.74, 6) is -1.54. The maximum atomic E-state index is 13.0. The number of hydrogen-bond acceptors (Lipinski definition) is 3. The minimum atomic E-state index is -1.40. The van der Waals surface area contributed by atoms with Crippen molar-refractivity contribution in [2.24, 2.45) is 16.8 Å². The Balaban J connectivity index is 2.83. The molecule has 5 heteroatoms. The average molecular weight is 159 g/mol. The number of nitrogens with zero attached hydrogens (tertiary/aromatic N) is 2. The zero-order chi connectivity index (χ0) is 8.59. The van der Waals surface area contributed by atoms with Gasteiger partial charge in [0.2, 0.25) is 12.2 Å². The molecule has 0 aromatic heterocycles. The van der Waals surface area contributed by atoms with E-state index in [4.69, 9.17) is 5.73 Å². The van der Waals surface area contributed by atoms with Gasteiger partial charge >= 0.3 is 0 Å². The number of rotatable bonds is 1. The van der Waals surface area contributed by atoms with Crippen LogP contribution in [0.25, 0.3) is 0 Å². The zero-order valence-electron chi connectivity index (χ0n) is 6.41. The molecule has 0 saturated heterocycles. The lowest BCUT2D eigenvalue weighted by molar-refractivity contribution is -0.122. The molecule has 1 heterocycles. The summed E-state index contributed by atoms with van der Waals surface area (Å²) < 4.78 is 13.0. The highest BCUT2D eigenvalue weighted by molar-refractivity contribution is 6.03. The molecule has 1 amide bonds. The van der Waals surface area contributed by atoms with Crippen LogP contribution in [0.1, 0.15) is 6.92 Å². The predicted molar refractivity (Wildman–Crippen MR) is 38.5 cm³/mol. The number of carbonyl (C=O) groups excluding carboxylic acids is 1. The molecular weight excluding hydrogens is 149 g/mol. The quantitative estimate of drug-likeness (QED) is 0.534. The molecule has 2 N–H and O–H groups in total. The Kier molecular flexibility index (Phi) is 1.80. The summed E-state index contributed by atoms with van der Waals surface area (Å²) in [6.07, 6.45) is -1.40. The molecule has 0 fully saturated rings. The minimum Gasteiger partial charge on any atom is -0.369 e. The van der Waals surface area contributed by atoms with Gasteiger partial charge in [-0.15, -0.1) is 0 Å². The first-order chi connectivity index (χ1) is 5.04. The minimum absolute atomic E-state index is 0.438. The third-order valence-electron chi connectivity index (χ3n) is 1.70. The Hall–Kier alpha value is -1.13. The Morgan fingerprint density at radius 3 is 2.55 bits per heavy atom. The van der Waals surface area contributed by atoms with Gasteiger partial charge in [0.25, 0.3) is 0 Å². The SMILES string of the molecule is CC1=NN(C)C(F)C1C(N)=O. The van der Waals surface area contributed by atoms with Gasteiger partial charge in [-0.1, -0.05) is 0 Å². The maximum Gasteiger partial charge on any atom is 0.231 e. The van der Waals surface area contributed by atoms with E-state index in [1.54, 1.807) is 6.92 Å². The molecule has 4 nitrogen and oxygen atoms in total. The lowest BCUT2D eigenvalue weighted by Crippen LogP contribution is -2.36. The average Bonchev–Trinajstić information content (AvgIpc) is 2.07. The van der Waals surface area contributed by atoms with Gasteiger partial charge in [-0.3, -0.25) is 9.80 Å². The molecule has 0 aromatic rings. The van der Waals surface area contributed by atoms with Crippen molar-refractivity contribution in [3.05, 3.63) is 0 Å². The van der Waals surface area contributed by atoms with Crippen LogP contribution in [0.15, 0.2) is 5.10 Å². The van der Waals surface area contributed by atoms with E-state index >= 15 is 0 Å². The summed E-state index contributed by atoms with van der Waals surface area (Å²) in [6, 6.07) is 0. The van der Waals surface area contributed by atoms with Gasteiger partial charge in [-0.05, 0) is 6.92 Å². The van der Waals surface area contributed by atoms with Crippen molar-refractivity contribution in [1.82, 2.24) is 5.01 Å². The molecule has 0 bridgehead atoms. The van der Waals surface area contributed by atoms with E-state index in [9.17, 15) is 9.18 Å². The molecule has 1 aliphatic heterocycles. The summed E-state index contributed by atoms with van der Waals surface area (Å²) in [5, 5.41) is 4.85. The summed E-state index contributed by atoms with van der Waals surface area (Å²) >= 11 is 0. The van der Waals surface area contributed by atoms with Crippen LogP contribution in [0, 0.1) is 5.92 Å². The van der Waals surface area contributed by atoms with E-state index in [0.29, 0.717) is 5.71 Å². The number of amides is 1. The van der Waals surface area contributed by atoms with Gasteiger partial charge in [-0.25, -0.2) is 4.39 Å². The second kappa shape index (κ2) is 2.48. The topological polar surface area (TPSA) is 58.7 Å². The highest BCUT2D eigenvalue weighted by Gasteiger charge is 2.37. The Morgan fingerprint density at radius 2 is 2.36 bits per heavy atom. The van der Waals surface area contributed by atoms with Crippen LogP contribution in [0.4, 0.5) is 4.39 Å². The van der Waals surface area contributed by atoms with Crippen molar-refractivity contribution >= 4 is 11.6 Å². The van der Waals surface area contributed by atoms with E-state index in [1.807, 2.05) is 0 Å². The first kappa shape index (κ1) is 7.97. The molecule has 62 valence electrons. The number of hydrazone groups is 1. The van der Waals surface area contributed by atoms with Gasteiger partial charge in [0, 0.05) is 7.05 Å². The molecule has 2 unspecified atom stereocenters. The van der Waals surface area contributed by atoms with Gasteiger partial charge in [0.15, 0.2) is 0 Å². The number of hydrogen-bond donors (Lipinski definition) is 1. The second-order valence-electron chi connectivity index (χ2n) is 2.57. The normalized spacial score (nSPS) is 30.5. The molecule has 0 radical (unpaired) electrons. The van der Waals surface area contributed by atoms with Gasteiger partial charge in [-0.2, -0.15) is 5.10 Å². The number of primary amides is 1. The van der Waals surface area contributed by atoms with Crippen molar-refractivity contribution in [2.45, 2.75) is 13.2 Å². The Labute approximate surface area is 63.9 Å². The smallest absolute Gasteiger partial charge is 0.231 e. The first-order valence-electron chi connectivity index (χ1n) is 3.25. The highest BCUT2D eigenvalue weighted by atomic mass is 19.1. The number of nitrogens with two attached hydrogens (primary N) is 1. The summed E-state index contributed by atoms with van der Waals surface area (Å²) in [7, 11) is 1.47. The molecule has 0 saturated carbocycles. The molecular formula is C6H10FN3O. The fraction of sp³-hybridized carbons (Fsp3) is 0.667. The molecule has 0 aliphatic carbocycles. The Bertz CT molecular complexity index is 216. The third-order valence-corrected chi connectivity index (χ3v) is 1.70. The Morgan fingerprint density at radius 1 is 1.82 bits per heavy atom. The summed E-state index contributed by atoms with van der Waals surface area (Å²) in [4.78, 5) is 10.6. The molecule has 1 rings (SSSR count). The first-order valence-corrected chi connectivity index (χ1v) is 3.25. The van der Waals surface area contributed by atoms with Crippen molar-refractivity contribution in [1.29, 1.82) is 0 Å². The highest BCUT2D eigenvalue weighted by Crippen LogP contribution is 2.20. The van der Waals surface area contributed by atoms with E-state index in [-0.39, 0.29) is 0 Å². The van der Waals surface area contributed by atoms with Crippen LogP contribution in [0.2, 0.25) is 0 Å². The number of carbonyl (C=O) groups is 1. The van der Waals surface area contributed by atoms with Crippen LogP contribution in [-0.4, -0.2) is 30.0 Å². The number of alkyl halides is 1. The summed E-state index contributed by atoms with van der Waals surface area (Å²) in [6.45, 7) is 1.59. The van der Waals surface area contributed by atoms with Crippen molar-refractivity contribution in [3.63, 3.8) is 0 Å². The van der Waals surface area contributed by atoms with Crippen LogP contribution in [-0.2, 0) is 4.79 Å². The fourth-order valence-electron chi connectivity index (χ4n) is 1.12. The monoisotopic (exact) mass is 159 g/mol. The van der Waals surface area contributed by atoms with E-state index in [2.05, 4.69) is 5.10 Å².